The first-order chi connectivity index (χ1) is 16.3. The van der Waals surface area contributed by atoms with Gasteiger partial charge in [-0.15, -0.1) is 5.12 Å². The van der Waals surface area contributed by atoms with Gasteiger partial charge >= 0.3 is 12.3 Å². The van der Waals surface area contributed by atoms with Crippen LogP contribution in [0, 0.1) is 0 Å². The fraction of sp³-hybridized carbons (Fsp3) is 0.391. The molecule has 1 aliphatic heterocycles. The molecule has 2 heterocycles. The van der Waals surface area contributed by atoms with Crippen molar-refractivity contribution in [1.29, 1.82) is 0 Å². The number of halogens is 4. The van der Waals surface area contributed by atoms with E-state index in [4.69, 9.17) is 4.74 Å². The van der Waals surface area contributed by atoms with E-state index < -0.39 is 51.6 Å². The molecule has 1 saturated heterocycles. The van der Waals surface area contributed by atoms with Gasteiger partial charge in [-0.3, -0.25) is 14.6 Å². The largest absolute Gasteiger partial charge is 0.444 e. The van der Waals surface area contributed by atoms with Gasteiger partial charge in [0.15, 0.2) is 0 Å². The zero-order chi connectivity index (χ0) is 26.0. The van der Waals surface area contributed by atoms with E-state index in [2.05, 4.69) is 4.98 Å². The summed E-state index contributed by atoms with van der Waals surface area (Å²) in [4.78, 5) is 43.9. The second-order valence-corrected chi connectivity index (χ2v) is 8.85. The minimum absolute atomic E-state index is 0.0393. The number of piperazine rings is 1. The van der Waals surface area contributed by atoms with Crippen molar-refractivity contribution < 1.29 is 36.8 Å². The van der Waals surface area contributed by atoms with Gasteiger partial charge < -0.3 is 14.5 Å². The highest BCUT2D eigenvalue weighted by Crippen LogP contribution is 2.34. The maximum Gasteiger partial charge on any atom is 0.416 e. The first-order valence-electron chi connectivity index (χ1n) is 10.7. The molecule has 188 valence electrons. The summed E-state index contributed by atoms with van der Waals surface area (Å²) >= 11 is 0. The van der Waals surface area contributed by atoms with E-state index in [1.54, 1.807) is 20.8 Å². The predicted molar refractivity (Wildman–Crippen MR) is 117 cm³/mol. The number of ether oxygens (including phenoxy) is 1. The third-order valence-corrected chi connectivity index (χ3v) is 5.02. The number of benzene rings is 1. The van der Waals surface area contributed by atoms with Crippen molar-refractivity contribution in [2.75, 3.05) is 31.3 Å². The third kappa shape index (κ3) is 6.46. The second-order valence-electron chi connectivity index (χ2n) is 8.85. The number of hydrogen-bond donors (Lipinski definition) is 0. The minimum atomic E-state index is -4.89. The lowest BCUT2D eigenvalue weighted by Crippen LogP contribution is -2.51. The van der Waals surface area contributed by atoms with Gasteiger partial charge in [0.05, 0.1) is 16.8 Å². The summed E-state index contributed by atoms with van der Waals surface area (Å²) in [6.45, 7) is 5.44. The van der Waals surface area contributed by atoms with Gasteiger partial charge in [0.2, 0.25) is 0 Å². The Morgan fingerprint density at radius 2 is 1.60 bits per heavy atom. The van der Waals surface area contributed by atoms with Crippen molar-refractivity contribution >= 4 is 23.6 Å². The van der Waals surface area contributed by atoms with E-state index in [1.165, 1.54) is 28.1 Å². The van der Waals surface area contributed by atoms with E-state index in [0.717, 1.165) is 12.3 Å². The third-order valence-electron chi connectivity index (χ3n) is 5.02. The van der Waals surface area contributed by atoms with Gasteiger partial charge in [0, 0.05) is 44.1 Å². The topological polar surface area (TPSA) is 83.0 Å². The Kier molecular flexibility index (Phi) is 7.32. The standard InChI is InChI=1S/C23H24F4N4O4/c1-22(2,3)35-21(34)30-9-7-29(8-10-30)19(32)16-11-17(23(24,25)26)13-18(12-16)31(27)20(33)15-5-4-6-28-14-15/h4-6,11-14H,7-10H2,1-3H3. The van der Waals surface area contributed by atoms with Crippen LogP contribution in [-0.2, 0) is 10.9 Å². The molecule has 3 amide bonds. The molecule has 2 aromatic rings. The molecule has 1 aromatic heterocycles. The molecule has 0 radical (unpaired) electrons. The maximum absolute atomic E-state index is 14.8. The van der Waals surface area contributed by atoms with Gasteiger partial charge in [-0.1, -0.05) is 4.48 Å². The zero-order valence-corrected chi connectivity index (χ0v) is 19.3. The van der Waals surface area contributed by atoms with E-state index >= 15 is 0 Å². The number of hydrogen-bond acceptors (Lipinski definition) is 5. The Bertz CT molecular complexity index is 1090. The molecular formula is C23H24F4N4O4. The van der Waals surface area contributed by atoms with Gasteiger partial charge in [0.1, 0.15) is 5.60 Å². The number of rotatable bonds is 3. The molecule has 0 saturated carbocycles. The molecule has 0 atom stereocenters. The molecular weight excluding hydrogens is 472 g/mol. The summed E-state index contributed by atoms with van der Waals surface area (Å²) in [6.07, 6.45) is -3.03. The van der Waals surface area contributed by atoms with Gasteiger partial charge in [-0.25, -0.2) is 4.79 Å². The average Bonchev–Trinajstić information content (AvgIpc) is 2.81. The highest BCUT2D eigenvalue weighted by atomic mass is 19.4. The lowest BCUT2D eigenvalue weighted by atomic mass is 10.1. The fourth-order valence-corrected chi connectivity index (χ4v) is 3.33. The summed E-state index contributed by atoms with van der Waals surface area (Å²) in [5.74, 6) is -2.02. The number of pyridine rings is 1. The van der Waals surface area contributed by atoms with Crippen molar-refractivity contribution in [3.8, 4) is 0 Å². The Labute approximate surface area is 199 Å². The lowest BCUT2D eigenvalue weighted by molar-refractivity contribution is -0.137. The summed E-state index contributed by atoms with van der Waals surface area (Å²) in [6, 6.07) is 4.57. The van der Waals surface area contributed by atoms with Crippen molar-refractivity contribution in [3.63, 3.8) is 0 Å². The number of nitrogens with zero attached hydrogens (tertiary/aromatic N) is 4. The smallest absolute Gasteiger partial charge is 0.416 e. The quantitative estimate of drug-likeness (QED) is 0.467. The summed E-state index contributed by atoms with van der Waals surface area (Å²) in [5.41, 5.74) is -3.36. The summed E-state index contributed by atoms with van der Waals surface area (Å²) < 4.78 is 60.6. The first-order valence-corrected chi connectivity index (χ1v) is 10.7. The minimum Gasteiger partial charge on any atom is -0.444 e. The van der Waals surface area contributed by atoms with Crippen LogP contribution in [0.4, 0.5) is 28.1 Å². The molecule has 3 rings (SSSR count). The van der Waals surface area contributed by atoms with E-state index in [0.29, 0.717) is 12.1 Å². The highest BCUT2D eigenvalue weighted by Gasteiger charge is 2.35. The predicted octanol–water partition coefficient (Wildman–Crippen LogP) is 4.32. The molecule has 0 N–H and O–H groups in total. The van der Waals surface area contributed by atoms with Gasteiger partial charge in [-0.05, 0) is 51.1 Å². The molecule has 12 heteroatoms. The average molecular weight is 496 g/mol. The van der Waals surface area contributed by atoms with Crippen LogP contribution in [0.15, 0.2) is 42.7 Å². The van der Waals surface area contributed by atoms with Crippen molar-refractivity contribution in [2.45, 2.75) is 32.5 Å². The number of carbonyl (C=O) groups is 3. The zero-order valence-electron chi connectivity index (χ0n) is 19.3. The van der Waals surface area contributed by atoms with Crippen LogP contribution in [0.1, 0.15) is 47.1 Å². The first kappa shape index (κ1) is 25.9. The van der Waals surface area contributed by atoms with Crippen LogP contribution >= 0.6 is 0 Å². The lowest BCUT2D eigenvalue weighted by Gasteiger charge is -2.35. The summed E-state index contributed by atoms with van der Waals surface area (Å²) in [5, 5.41) is -0.455. The molecule has 0 bridgehead atoms. The molecule has 0 spiro atoms. The highest BCUT2D eigenvalue weighted by molar-refractivity contribution is 6.05. The van der Waals surface area contributed by atoms with Crippen LogP contribution in [-0.4, -0.2) is 64.5 Å². The Balaban J connectivity index is 1.82. The number of alkyl halides is 3. The SMILES string of the molecule is CC(C)(C)OC(=O)N1CCN(C(=O)c2cc(N(F)C(=O)c3cccnc3)cc(C(F)(F)F)c2)CC1. The van der Waals surface area contributed by atoms with Crippen LogP contribution in [0.5, 0.6) is 0 Å². The monoisotopic (exact) mass is 496 g/mol. The van der Waals surface area contributed by atoms with Crippen LogP contribution in [0.2, 0.25) is 0 Å². The van der Waals surface area contributed by atoms with Crippen LogP contribution in [0.3, 0.4) is 0 Å². The van der Waals surface area contributed by atoms with Gasteiger partial charge in [-0.2, -0.15) is 13.2 Å². The molecule has 0 unspecified atom stereocenters. The Morgan fingerprint density at radius 3 is 2.14 bits per heavy atom. The van der Waals surface area contributed by atoms with E-state index in [-0.39, 0.29) is 31.7 Å². The van der Waals surface area contributed by atoms with Crippen molar-refractivity contribution in [3.05, 3.63) is 59.4 Å². The van der Waals surface area contributed by atoms with E-state index in [1.807, 2.05) is 0 Å². The Morgan fingerprint density at radius 1 is 0.971 bits per heavy atom. The van der Waals surface area contributed by atoms with Crippen molar-refractivity contribution in [2.24, 2.45) is 0 Å². The molecule has 35 heavy (non-hydrogen) atoms. The normalized spacial score (nSPS) is 14.5. The van der Waals surface area contributed by atoms with E-state index in [9.17, 15) is 32.0 Å². The number of aromatic nitrogens is 1. The number of carbonyl (C=O) groups excluding carboxylic acids is 3. The molecule has 1 aromatic carbocycles. The van der Waals surface area contributed by atoms with Crippen LogP contribution in [0.25, 0.3) is 0 Å². The number of anilines is 1. The molecule has 1 fully saturated rings. The Hall–Kier alpha value is -3.70. The van der Waals surface area contributed by atoms with Gasteiger partial charge in [0.25, 0.3) is 11.8 Å². The molecule has 8 nitrogen and oxygen atoms in total. The van der Waals surface area contributed by atoms with Crippen LogP contribution < -0.4 is 5.12 Å². The molecule has 1 aliphatic rings. The second kappa shape index (κ2) is 9.88. The summed E-state index contributed by atoms with van der Waals surface area (Å²) in [7, 11) is 0. The fourth-order valence-electron chi connectivity index (χ4n) is 3.33. The number of amides is 3. The molecule has 0 aliphatic carbocycles. The van der Waals surface area contributed by atoms with Crippen molar-refractivity contribution in [1.82, 2.24) is 14.8 Å². The maximum atomic E-state index is 14.8.